The van der Waals surface area contributed by atoms with E-state index in [2.05, 4.69) is 26.1 Å². The van der Waals surface area contributed by atoms with Gasteiger partial charge in [0.05, 0.1) is 15.1 Å². The highest BCUT2D eigenvalue weighted by Crippen LogP contribution is 2.29. The summed E-state index contributed by atoms with van der Waals surface area (Å²) in [5, 5.41) is 3.99. The molecule has 0 fully saturated rings. The van der Waals surface area contributed by atoms with Crippen molar-refractivity contribution < 1.29 is 4.52 Å². The van der Waals surface area contributed by atoms with Crippen LogP contribution in [-0.2, 0) is 6.42 Å². The van der Waals surface area contributed by atoms with Crippen molar-refractivity contribution in [3.63, 3.8) is 0 Å². The predicted octanol–water partition coefficient (Wildman–Crippen LogP) is 3.73. The molecule has 0 bridgehead atoms. The van der Waals surface area contributed by atoms with Crippen LogP contribution in [0.3, 0.4) is 0 Å². The first-order chi connectivity index (χ1) is 9.22. The van der Waals surface area contributed by atoms with Crippen molar-refractivity contribution in [1.82, 2.24) is 10.1 Å². The zero-order valence-electron chi connectivity index (χ0n) is 9.84. The molecular formula is C13H10BrN3OS. The number of hydrogen-bond acceptors (Lipinski definition) is 5. The monoisotopic (exact) mass is 335 g/mol. The molecule has 0 spiro atoms. The number of thiophene rings is 1. The van der Waals surface area contributed by atoms with Crippen LogP contribution in [0.25, 0.3) is 10.7 Å². The third kappa shape index (κ3) is 2.69. The Hall–Kier alpha value is -1.66. The molecule has 0 aliphatic rings. The average molecular weight is 336 g/mol. The maximum absolute atomic E-state index is 5.90. The van der Waals surface area contributed by atoms with Crippen LogP contribution in [0.1, 0.15) is 11.5 Å². The van der Waals surface area contributed by atoms with Gasteiger partial charge in [0.25, 0.3) is 0 Å². The maximum atomic E-state index is 5.90. The van der Waals surface area contributed by atoms with Gasteiger partial charge in [-0.25, -0.2) is 0 Å². The molecule has 0 amide bonds. The minimum absolute atomic E-state index is 0.548. The van der Waals surface area contributed by atoms with Gasteiger partial charge in [-0.2, -0.15) is 4.98 Å². The molecule has 3 rings (SSSR count). The van der Waals surface area contributed by atoms with Crippen LogP contribution in [0.15, 0.2) is 44.7 Å². The molecule has 3 aromatic rings. The fraction of sp³-hybridized carbons (Fsp3) is 0.0769. The van der Waals surface area contributed by atoms with Gasteiger partial charge >= 0.3 is 0 Å². The molecule has 2 N–H and O–H groups in total. The topological polar surface area (TPSA) is 64.9 Å². The summed E-state index contributed by atoms with van der Waals surface area (Å²) >= 11 is 4.99. The van der Waals surface area contributed by atoms with Crippen LogP contribution in [0.2, 0.25) is 0 Å². The summed E-state index contributed by atoms with van der Waals surface area (Å²) in [6.45, 7) is 0. The first kappa shape index (κ1) is 12.4. The Balaban J connectivity index is 1.84. The highest BCUT2D eigenvalue weighted by atomic mass is 79.9. The van der Waals surface area contributed by atoms with E-state index in [4.69, 9.17) is 10.3 Å². The van der Waals surface area contributed by atoms with Crippen molar-refractivity contribution in [2.75, 3.05) is 5.73 Å². The molecule has 0 saturated heterocycles. The fourth-order valence-electron chi connectivity index (χ4n) is 1.72. The Morgan fingerprint density at radius 1 is 1.21 bits per heavy atom. The third-order valence-electron chi connectivity index (χ3n) is 2.66. The van der Waals surface area contributed by atoms with Crippen molar-refractivity contribution in [3.8, 4) is 10.7 Å². The quantitative estimate of drug-likeness (QED) is 0.740. The van der Waals surface area contributed by atoms with Crippen LogP contribution in [0, 0.1) is 0 Å². The van der Waals surface area contributed by atoms with Crippen LogP contribution >= 0.6 is 27.3 Å². The van der Waals surface area contributed by atoms with Gasteiger partial charge in [0.2, 0.25) is 11.7 Å². The number of aromatic nitrogens is 2. The number of hydrogen-bond donors (Lipinski definition) is 1. The lowest BCUT2D eigenvalue weighted by molar-refractivity contribution is 0.386. The normalized spacial score (nSPS) is 10.8. The van der Waals surface area contributed by atoms with Crippen LogP contribution < -0.4 is 5.73 Å². The summed E-state index contributed by atoms with van der Waals surface area (Å²) in [7, 11) is 0. The molecule has 6 heteroatoms. The number of para-hydroxylation sites is 1. The minimum Gasteiger partial charge on any atom is -0.398 e. The second-order valence-electron chi connectivity index (χ2n) is 3.99. The standard InChI is InChI=1S/C13H10BrN3OS/c14-11-6-5-10(19-11)13-16-12(18-17-13)7-8-3-1-2-4-9(8)15/h1-6H,7,15H2. The Labute approximate surface area is 122 Å². The summed E-state index contributed by atoms with van der Waals surface area (Å²) in [5.41, 5.74) is 7.62. The molecule has 19 heavy (non-hydrogen) atoms. The van der Waals surface area contributed by atoms with E-state index in [1.54, 1.807) is 11.3 Å². The summed E-state index contributed by atoms with van der Waals surface area (Å²) in [4.78, 5) is 5.36. The second kappa shape index (κ2) is 5.14. The van der Waals surface area contributed by atoms with E-state index >= 15 is 0 Å². The van der Waals surface area contributed by atoms with E-state index in [9.17, 15) is 0 Å². The molecule has 1 aromatic carbocycles. The van der Waals surface area contributed by atoms with Gasteiger partial charge in [-0.05, 0) is 39.7 Å². The zero-order valence-corrected chi connectivity index (χ0v) is 12.2. The number of nitrogens with zero attached hydrogens (tertiary/aromatic N) is 2. The van der Waals surface area contributed by atoms with Gasteiger partial charge in [0.1, 0.15) is 0 Å². The highest BCUT2D eigenvalue weighted by molar-refractivity contribution is 9.11. The van der Waals surface area contributed by atoms with Crippen LogP contribution in [0.4, 0.5) is 5.69 Å². The number of halogens is 1. The first-order valence-electron chi connectivity index (χ1n) is 5.64. The van der Waals surface area contributed by atoms with Crippen molar-refractivity contribution >= 4 is 33.0 Å². The number of benzene rings is 1. The Morgan fingerprint density at radius 3 is 2.79 bits per heavy atom. The highest BCUT2D eigenvalue weighted by Gasteiger charge is 2.11. The van der Waals surface area contributed by atoms with E-state index in [0.29, 0.717) is 18.1 Å². The van der Waals surface area contributed by atoms with Gasteiger partial charge < -0.3 is 10.3 Å². The first-order valence-corrected chi connectivity index (χ1v) is 7.25. The molecule has 0 unspecified atom stereocenters. The van der Waals surface area contributed by atoms with E-state index in [-0.39, 0.29) is 0 Å². The number of nitrogen functional groups attached to an aromatic ring is 1. The van der Waals surface area contributed by atoms with E-state index < -0.39 is 0 Å². The van der Waals surface area contributed by atoms with E-state index in [0.717, 1.165) is 19.9 Å². The third-order valence-corrected chi connectivity index (χ3v) is 4.28. The van der Waals surface area contributed by atoms with Gasteiger partial charge in [0.15, 0.2) is 0 Å². The fourth-order valence-corrected chi connectivity index (χ4v) is 3.03. The van der Waals surface area contributed by atoms with Gasteiger partial charge in [-0.3, -0.25) is 0 Å². The number of rotatable bonds is 3. The molecular weight excluding hydrogens is 326 g/mol. The molecule has 0 aliphatic carbocycles. The van der Waals surface area contributed by atoms with Gasteiger partial charge in [0, 0.05) is 5.69 Å². The number of nitrogens with two attached hydrogens (primary N) is 1. The van der Waals surface area contributed by atoms with E-state index in [1.807, 2.05) is 36.4 Å². The lowest BCUT2D eigenvalue weighted by atomic mass is 10.1. The molecule has 0 aliphatic heterocycles. The molecule has 96 valence electrons. The Bertz CT molecular complexity index is 707. The lowest BCUT2D eigenvalue weighted by Crippen LogP contribution is -1.95. The van der Waals surface area contributed by atoms with Crippen molar-refractivity contribution in [3.05, 3.63) is 51.6 Å². The average Bonchev–Trinajstić information content (AvgIpc) is 3.01. The Kier molecular flexibility index (Phi) is 3.35. The second-order valence-corrected chi connectivity index (χ2v) is 6.45. The zero-order chi connectivity index (χ0) is 13.2. The van der Waals surface area contributed by atoms with Crippen LogP contribution in [0.5, 0.6) is 0 Å². The Morgan fingerprint density at radius 2 is 2.05 bits per heavy atom. The minimum atomic E-state index is 0.548. The smallest absolute Gasteiger partial charge is 0.231 e. The van der Waals surface area contributed by atoms with Crippen LogP contribution in [-0.4, -0.2) is 10.1 Å². The van der Waals surface area contributed by atoms with Crippen molar-refractivity contribution in [1.29, 1.82) is 0 Å². The summed E-state index contributed by atoms with van der Waals surface area (Å²) < 4.78 is 6.30. The molecule has 0 saturated carbocycles. The summed E-state index contributed by atoms with van der Waals surface area (Å²) in [5.74, 6) is 1.18. The molecule has 0 atom stereocenters. The summed E-state index contributed by atoms with van der Waals surface area (Å²) in [6, 6.07) is 11.6. The number of anilines is 1. The lowest BCUT2D eigenvalue weighted by Gasteiger charge is -2.00. The van der Waals surface area contributed by atoms with E-state index in [1.165, 1.54) is 0 Å². The molecule has 4 nitrogen and oxygen atoms in total. The molecule has 0 radical (unpaired) electrons. The van der Waals surface area contributed by atoms with Crippen molar-refractivity contribution in [2.24, 2.45) is 0 Å². The molecule has 2 aromatic heterocycles. The SMILES string of the molecule is Nc1ccccc1Cc1nc(-c2ccc(Br)s2)no1. The largest absolute Gasteiger partial charge is 0.398 e. The molecule has 2 heterocycles. The maximum Gasteiger partial charge on any atom is 0.231 e. The predicted molar refractivity (Wildman–Crippen MR) is 79.0 cm³/mol. The van der Waals surface area contributed by atoms with Crippen molar-refractivity contribution in [2.45, 2.75) is 6.42 Å². The summed E-state index contributed by atoms with van der Waals surface area (Å²) in [6.07, 6.45) is 0.548. The van der Waals surface area contributed by atoms with Gasteiger partial charge in [-0.1, -0.05) is 23.4 Å². The van der Waals surface area contributed by atoms with Gasteiger partial charge in [-0.15, -0.1) is 11.3 Å².